The molecule has 2 aliphatic rings. The molecule has 3 heterocycles. The van der Waals surface area contributed by atoms with Crippen LogP contribution >= 0.6 is 11.3 Å². The molecular formula is C51H44N4S. The van der Waals surface area contributed by atoms with Crippen LogP contribution in [-0.2, 0) is 0 Å². The zero-order valence-electron chi connectivity index (χ0n) is 31.3. The summed E-state index contributed by atoms with van der Waals surface area (Å²) in [4.78, 5) is 0. The Labute approximate surface area is 331 Å². The topological polar surface area (TPSA) is 41.0 Å². The fraction of sp³-hybridized carbons (Fsp3) is 0.176. The van der Waals surface area contributed by atoms with E-state index in [9.17, 15) is 0 Å². The van der Waals surface area contributed by atoms with Gasteiger partial charge in [0.1, 0.15) is 0 Å². The van der Waals surface area contributed by atoms with Gasteiger partial charge in [-0.1, -0.05) is 147 Å². The van der Waals surface area contributed by atoms with Gasteiger partial charge < -0.3 is 4.57 Å². The molecule has 9 aromatic rings. The van der Waals surface area contributed by atoms with E-state index in [2.05, 4.69) is 184 Å². The van der Waals surface area contributed by atoms with E-state index in [0.717, 1.165) is 0 Å². The highest BCUT2D eigenvalue weighted by atomic mass is 32.1. The normalized spacial score (nSPS) is 19.3. The molecule has 2 fully saturated rings. The summed E-state index contributed by atoms with van der Waals surface area (Å²) < 4.78 is 5.27. The molecule has 1 saturated heterocycles. The number of aromatic nitrogens is 1. The molecule has 0 radical (unpaired) electrons. The Hall–Kier alpha value is -5.56. The summed E-state index contributed by atoms with van der Waals surface area (Å²) in [5.74, 6) is 0. The largest absolute Gasteiger partial charge is 0.337 e. The van der Waals surface area contributed by atoms with Gasteiger partial charge >= 0.3 is 0 Å². The van der Waals surface area contributed by atoms with Crippen molar-refractivity contribution in [1.82, 2.24) is 20.5 Å². The zero-order valence-corrected chi connectivity index (χ0v) is 32.1. The molecule has 2 aromatic heterocycles. The van der Waals surface area contributed by atoms with Crippen molar-refractivity contribution >= 4 is 53.3 Å². The van der Waals surface area contributed by atoms with Crippen molar-refractivity contribution in [3.05, 3.63) is 180 Å². The summed E-state index contributed by atoms with van der Waals surface area (Å²) in [5.41, 5.74) is 11.4. The van der Waals surface area contributed by atoms with E-state index in [1.54, 1.807) is 0 Å². The van der Waals surface area contributed by atoms with Crippen molar-refractivity contribution in [2.45, 2.75) is 56.6 Å². The van der Waals surface area contributed by atoms with Crippen LogP contribution in [0, 0.1) is 0 Å². The molecule has 7 aromatic carbocycles. The van der Waals surface area contributed by atoms with Crippen LogP contribution in [0.3, 0.4) is 0 Å². The molecule has 56 heavy (non-hydrogen) atoms. The van der Waals surface area contributed by atoms with Gasteiger partial charge in [-0.2, -0.15) is 0 Å². The van der Waals surface area contributed by atoms with Crippen molar-refractivity contribution in [2.75, 3.05) is 0 Å². The first-order chi connectivity index (χ1) is 27.7. The van der Waals surface area contributed by atoms with Crippen LogP contribution in [0.2, 0.25) is 0 Å². The number of thiophene rings is 1. The average molecular weight is 745 g/mol. The smallest absolute Gasteiger partial charge is 0.0865 e. The first-order valence-electron chi connectivity index (χ1n) is 20.2. The lowest BCUT2D eigenvalue weighted by Gasteiger charge is -2.39. The van der Waals surface area contributed by atoms with Crippen LogP contribution in [0.1, 0.15) is 73.3 Å². The molecule has 274 valence electrons. The molecule has 0 amide bonds. The van der Waals surface area contributed by atoms with Gasteiger partial charge in [-0.3, -0.25) is 16.0 Å². The van der Waals surface area contributed by atoms with Gasteiger partial charge in [0.05, 0.1) is 18.5 Å². The number of hydrogen-bond donors (Lipinski definition) is 3. The van der Waals surface area contributed by atoms with Crippen molar-refractivity contribution in [3.8, 4) is 22.3 Å². The minimum absolute atomic E-state index is 0.0287. The average Bonchev–Trinajstić information content (AvgIpc) is 3.81. The molecule has 1 aliphatic heterocycles. The van der Waals surface area contributed by atoms with Gasteiger partial charge in [0.2, 0.25) is 0 Å². The van der Waals surface area contributed by atoms with Crippen molar-refractivity contribution in [3.63, 3.8) is 0 Å². The van der Waals surface area contributed by atoms with Crippen LogP contribution in [0.15, 0.2) is 164 Å². The van der Waals surface area contributed by atoms with Crippen molar-refractivity contribution in [1.29, 1.82) is 0 Å². The maximum absolute atomic E-state index is 3.99. The number of para-hydroxylation sites is 1. The number of hydrogen-bond acceptors (Lipinski definition) is 4. The van der Waals surface area contributed by atoms with Crippen molar-refractivity contribution < 1.29 is 0 Å². The number of nitrogens with zero attached hydrogens (tertiary/aromatic N) is 1. The maximum Gasteiger partial charge on any atom is 0.0865 e. The summed E-state index contributed by atoms with van der Waals surface area (Å²) in [5, 5.41) is 17.2. The van der Waals surface area contributed by atoms with Gasteiger partial charge in [0.25, 0.3) is 0 Å². The Bertz CT molecular complexity index is 2850. The molecule has 0 spiro atoms. The SMILES string of the molecule is c1ccc(-c2cccc(-c3ccc4c(c3)sc3cc(C5NC(c6ccccc6)NC(c6ccc7c(c6)c6ccccc6n7C6CCCCC6)N5)ccc34)c2)cc1. The lowest BCUT2D eigenvalue weighted by Crippen LogP contribution is -2.54. The molecule has 3 N–H and O–H groups in total. The highest BCUT2D eigenvalue weighted by Gasteiger charge is 2.31. The van der Waals surface area contributed by atoms with Gasteiger partial charge in [-0.15, -0.1) is 11.3 Å². The summed E-state index contributed by atoms with van der Waals surface area (Å²) in [6, 6.07) is 61.1. The molecule has 11 rings (SSSR count). The zero-order chi connectivity index (χ0) is 37.0. The number of rotatable bonds is 6. The van der Waals surface area contributed by atoms with E-state index in [1.165, 1.54) is 113 Å². The molecule has 3 unspecified atom stereocenters. The third kappa shape index (κ3) is 6.03. The van der Waals surface area contributed by atoms with Crippen molar-refractivity contribution in [2.24, 2.45) is 0 Å². The lowest BCUT2D eigenvalue weighted by atomic mass is 9.95. The van der Waals surface area contributed by atoms with Gasteiger partial charge in [-0.25, -0.2) is 0 Å². The minimum Gasteiger partial charge on any atom is -0.337 e. The quantitative estimate of drug-likeness (QED) is 0.159. The summed E-state index contributed by atoms with van der Waals surface area (Å²) >= 11 is 1.89. The second-order valence-corrected chi connectivity index (χ2v) is 16.8. The molecular weight excluding hydrogens is 701 g/mol. The third-order valence-electron chi connectivity index (χ3n) is 12.3. The number of benzene rings is 7. The molecule has 3 atom stereocenters. The predicted octanol–water partition coefficient (Wildman–Crippen LogP) is 13.2. The number of fused-ring (bicyclic) bond motifs is 6. The number of nitrogens with one attached hydrogen (secondary N) is 3. The first kappa shape index (κ1) is 33.8. The first-order valence-corrected chi connectivity index (χ1v) is 21.0. The highest BCUT2D eigenvalue weighted by Crippen LogP contribution is 2.41. The Morgan fingerprint density at radius 2 is 0.964 bits per heavy atom. The summed E-state index contributed by atoms with van der Waals surface area (Å²) in [6.45, 7) is 0. The summed E-state index contributed by atoms with van der Waals surface area (Å²) in [7, 11) is 0. The van der Waals surface area contributed by atoms with Gasteiger partial charge in [0, 0.05) is 48.0 Å². The van der Waals surface area contributed by atoms with E-state index in [-0.39, 0.29) is 18.5 Å². The second-order valence-electron chi connectivity index (χ2n) is 15.7. The van der Waals surface area contributed by atoms with Gasteiger partial charge in [0.15, 0.2) is 0 Å². The Morgan fingerprint density at radius 3 is 1.75 bits per heavy atom. The minimum atomic E-state index is -0.0587. The van der Waals surface area contributed by atoms with E-state index < -0.39 is 0 Å². The van der Waals surface area contributed by atoms with Crippen LogP contribution in [0.5, 0.6) is 0 Å². The van der Waals surface area contributed by atoms with Gasteiger partial charge in [-0.05, 0) is 88.2 Å². The lowest BCUT2D eigenvalue weighted by molar-refractivity contribution is 0.203. The molecule has 4 nitrogen and oxygen atoms in total. The standard InChI is InChI=1S/C51H44N4S/c1-4-13-33(14-5-1)35-17-12-18-36(29-35)37-23-26-42-43-27-24-39(32-48(43)56-47(42)31-37)51-53-49(34-15-6-2-7-16-34)52-50(54-51)38-25-28-46-44(30-38)41-21-10-11-22-45(41)55(46)40-19-8-3-9-20-40/h1-2,4-7,10-18,21-32,40,49-54H,3,8-9,19-20H2. The molecule has 5 heteroatoms. The molecule has 1 saturated carbocycles. The van der Waals surface area contributed by atoms with E-state index in [0.29, 0.717) is 6.04 Å². The van der Waals surface area contributed by atoms with E-state index >= 15 is 0 Å². The Morgan fingerprint density at radius 1 is 0.393 bits per heavy atom. The highest BCUT2D eigenvalue weighted by molar-refractivity contribution is 7.25. The second kappa shape index (κ2) is 14.2. The van der Waals surface area contributed by atoms with Crippen LogP contribution in [0.25, 0.3) is 64.2 Å². The summed E-state index contributed by atoms with van der Waals surface area (Å²) in [6.07, 6.45) is 6.38. The third-order valence-corrected chi connectivity index (χ3v) is 13.4. The molecule has 0 bridgehead atoms. The van der Waals surface area contributed by atoms with E-state index in [1.807, 2.05) is 11.3 Å². The maximum atomic E-state index is 3.99. The fourth-order valence-electron chi connectivity index (χ4n) is 9.46. The van der Waals surface area contributed by atoms with Crippen LogP contribution in [-0.4, -0.2) is 4.57 Å². The molecule has 1 aliphatic carbocycles. The fourth-order valence-corrected chi connectivity index (χ4v) is 10.7. The Balaban J connectivity index is 0.947. The van der Waals surface area contributed by atoms with Crippen LogP contribution in [0.4, 0.5) is 0 Å². The van der Waals surface area contributed by atoms with E-state index in [4.69, 9.17) is 0 Å². The van der Waals surface area contributed by atoms with Crippen LogP contribution < -0.4 is 16.0 Å². The monoisotopic (exact) mass is 744 g/mol. The Kier molecular flexibility index (Phi) is 8.55. The predicted molar refractivity (Wildman–Crippen MR) is 236 cm³/mol.